The van der Waals surface area contributed by atoms with Gasteiger partial charge in [0.05, 0.1) is 17.9 Å². The summed E-state index contributed by atoms with van der Waals surface area (Å²) in [6.45, 7) is 6.13. The molecule has 8 nitrogen and oxygen atoms in total. The number of anilines is 1. The zero-order valence-electron chi connectivity index (χ0n) is 16.6. The van der Waals surface area contributed by atoms with Gasteiger partial charge in [0, 0.05) is 38.5 Å². The van der Waals surface area contributed by atoms with Crippen molar-refractivity contribution in [3.63, 3.8) is 0 Å². The Labute approximate surface area is 174 Å². The van der Waals surface area contributed by atoms with Crippen molar-refractivity contribution in [3.05, 3.63) is 40.8 Å². The summed E-state index contributed by atoms with van der Waals surface area (Å²) in [5.41, 5.74) is 0.941. The Balaban J connectivity index is 1.34. The fourth-order valence-electron chi connectivity index (χ4n) is 3.84. The van der Waals surface area contributed by atoms with Gasteiger partial charge in [-0.15, -0.1) is 5.10 Å². The number of benzene rings is 1. The van der Waals surface area contributed by atoms with E-state index in [1.807, 2.05) is 30.0 Å². The third-order valence-corrected chi connectivity index (χ3v) is 6.55. The first-order chi connectivity index (χ1) is 14.1. The number of hydrogen-bond acceptors (Lipinski definition) is 6. The molecule has 1 aromatic carbocycles. The van der Waals surface area contributed by atoms with E-state index in [2.05, 4.69) is 27.2 Å². The predicted octanol–water partition coefficient (Wildman–Crippen LogP) is 1.58. The molecule has 1 N–H and O–H groups in total. The maximum atomic E-state index is 12.9. The van der Waals surface area contributed by atoms with Crippen LogP contribution >= 0.6 is 11.8 Å². The van der Waals surface area contributed by atoms with E-state index in [-0.39, 0.29) is 23.0 Å². The van der Waals surface area contributed by atoms with Crippen molar-refractivity contribution in [2.45, 2.75) is 42.8 Å². The molecule has 2 aliphatic heterocycles. The number of hydrogen-bond donors (Lipinski definition) is 1. The summed E-state index contributed by atoms with van der Waals surface area (Å²) in [4.78, 5) is 29.3. The van der Waals surface area contributed by atoms with Gasteiger partial charge in [0.2, 0.25) is 5.91 Å². The Morgan fingerprint density at radius 2 is 2.03 bits per heavy atom. The topological polar surface area (TPSA) is 83.5 Å². The summed E-state index contributed by atoms with van der Waals surface area (Å²) >= 11 is 1.33. The summed E-state index contributed by atoms with van der Waals surface area (Å²) in [7, 11) is 0. The van der Waals surface area contributed by atoms with Crippen molar-refractivity contribution in [1.29, 1.82) is 0 Å². The highest BCUT2D eigenvalue weighted by molar-refractivity contribution is 8.00. The Morgan fingerprint density at radius 3 is 2.72 bits per heavy atom. The number of carbonyl (C=O) groups excluding carboxylic acids is 1. The molecule has 1 aromatic heterocycles. The highest BCUT2D eigenvalue weighted by atomic mass is 32.2. The molecule has 1 amide bonds. The molecule has 0 spiro atoms. The van der Waals surface area contributed by atoms with Crippen LogP contribution in [0.15, 0.2) is 40.3 Å². The van der Waals surface area contributed by atoms with Crippen molar-refractivity contribution >= 4 is 23.4 Å². The van der Waals surface area contributed by atoms with Gasteiger partial charge in [0.15, 0.2) is 5.16 Å². The van der Waals surface area contributed by atoms with Crippen LogP contribution in [0.2, 0.25) is 0 Å². The second-order valence-electron chi connectivity index (χ2n) is 7.46. The average molecular weight is 418 g/mol. The largest absolute Gasteiger partial charge is 0.376 e. The van der Waals surface area contributed by atoms with E-state index in [4.69, 9.17) is 4.74 Å². The third kappa shape index (κ3) is 4.67. The number of H-pyrrole nitrogens is 1. The Morgan fingerprint density at radius 1 is 1.28 bits per heavy atom. The van der Waals surface area contributed by atoms with Gasteiger partial charge in [-0.05, 0) is 31.9 Å². The number of carbonyl (C=O) groups is 1. The first kappa shape index (κ1) is 20.0. The molecule has 2 atom stereocenters. The van der Waals surface area contributed by atoms with Gasteiger partial charge in [-0.2, -0.15) is 0 Å². The lowest BCUT2D eigenvalue weighted by molar-refractivity contribution is -0.130. The second-order valence-corrected chi connectivity index (χ2v) is 8.77. The molecule has 2 saturated heterocycles. The van der Waals surface area contributed by atoms with Crippen molar-refractivity contribution in [2.75, 3.05) is 37.7 Å². The highest BCUT2D eigenvalue weighted by Gasteiger charge is 2.28. The smallest absolute Gasteiger partial charge is 0.344 e. The van der Waals surface area contributed by atoms with E-state index in [9.17, 15) is 9.59 Å². The Kier molecular flexibility index (Phi) is 6.25. The van der Waals surface area contributed by atoms with Gasteiger partial charge in [-0.1, -0.05) is 30.0 Å². The van der Waals surface area contributed by atoms with Crippen molar-refractivity contribution in [1.82, 2.24) is 19.7 Å². The molecule has 9 heteroatoms. The van der Waals surface area contributed by atoms with Crippen LogP contribution in [-0.2, 0) is 16.1 Å². The molecular weight excluding hydrogens is 390 g/mol. The quantitative estimate of drug-likeness (QED) is 0.719. The number of ether oxygens (including phenoxy) is 1. The highest BCUT2D eigenvalue weighted by Crippen LogP contribution is 2.24. The monoisotopic (exact) mass is 417 g/mol. The van der Waals surface area contributed by atoms with Crippen LogP contribution in [-0.4, -0.2) is 69.7 Å². The molecular formula is C20H27N5O3S. The molecule has 4 rings (SSSR count). The summed E-state index contributed by atoms with van der Waals surface area (Å²) in [6, 6.07) is 10.3. The minimum absolute atomic E-state index is 0.0433. The van der Waals surface area contributed by atoms with Gasteiger partial charge in [-0.3, -0.25) is 9.36 Å². The fourth-order valence-corrected chi connectivity index (χ4v) is 4.78. The Hall–Kier alpha value is -2.26. The number of nitrogens with zero attached hydrogens (tertiary/aromatic N) is 4. The number of piperazine rings is 1. The van der Waals surface area contributed by atoms with E-state index in [1.165, 1.54) is 17.4 Å². The maximum absolute atomic E-state index is 12.9. The lowest BCUT2D eigenvalue weighted by Crippen LogP contribution is -2.50. The number of para-hydroxylation sites is 1. The molecule has 0 bridgehead atoms. The lowest BCUT2D eigenvalue weighted by atomic mass is 10.2. The summed E-state index contributed by atoms with van der Waals surface area (Å²) in [5, 5.41) is 6.88. The zero-order chi connectivity index (χ0) is 20.2. The van der Waals surface area contributed by atoms with Crippen LogP contribution in [0, 0.1) is 0 Å². The number of aromatic nitrogens is 3. The SMILES string of the molecule is C[C@H](Sc1n[nH]c(=O)n1C[C@H]1CCCO1)C(=O)N1CCN(c2ccccc2)CC1. The number of nitrogens with one attached hydrogen (secondary N) is 1. The molecule has 0 unspecified atom stereocenters. The summed E-state index contributed by atoms with van der Waals surface area (Å²) in [5.74, 6) is 0.0850. The van der Waals surface area contributed by atoms with E-state index in [0.29, 0.717) is 24.8 Å². The third-order valence-electron chi connectivity index (χ3n) is 5.48. The predicted molar refractivity (Wildman–Crippen MR) is 112 cm³/mol. The number of rotatable bonds is 6. The van der Waals surface area contributed by atoms with Gasteiger partial charge in [0.1, 0.15) is 0 Å². The molecule has 0 saturated carbocycles. The first-order valence-corrected chi connectivity index (χ1v) is 11.0. The van der Waals surface area contributed by atoms with Crippen LogP contribution in [0.4, 0.5) is 5.69 Å². The van der Waals surface area contributed by atoms with E-state index in [1.54, 1.807) is 4.57 Å². The molecule has 3 heterocycles. The molecule has 156 valence electrons. The van der Waals surface area contributed by atoms with Gasteiger partial charge < -0.3 is 14.5 Å². The molecule has 0 aliphatic carbocycles. The van der Waals surface area contributed by atoms with Crippen LogP contribution < -0.4 is 10.6 Å². The zero-order valence-corrected chi connectivity index (χ0v) is 17.4. The molecule has 2 fully saturated rings. The van der Waals surface area contributed by atoms with Gasteiger partial charge >= 0.3 is 5.69 Å². The van der Waals surface area contributed by atoms with Crippen molar-refractivity contribution in [3.8, 4) is 0 Å². The van der Waals surface area contributed by atoms with Gasteiger partial charge in [0.25, 0.3) is 0 Å². The van der Waals surface area contributed by atoms with Crippen LogP contribution in [0.5, 0.6) is 0 Å². The summed E-state index contributed by atoms with van der Waals surface area (Å²) < 4.78 is 7.23. The minimum atomic E-state index is -0.309. The Bertz CT molecular complexity index is 870. The molecule has 29 heavy (non-hydrogen) atoms. The van der Waals surface area contributed by atoms with E-state index >= 15 is 0 Å². The minimum Gasteiger partial charge on any atom is -0.376 e. The fraction of sp³-hybridized carbons (Fsp3) is 0.550. The van der Waals surface area contributed by atoms with Crippen LogP contribution in [0.1, 0.15) is 19.8 Å². The molecule has 0 radical (unpaired) electrons. The van der Waals surface area contributed by atoms with Crippen LogP contribution in [0.3, 0.4) is 0 Å². The number of amides is 1. The first-order valence-electron chi connectivity index (χ1n) is 10.1. The van der Waals surface area contributed by atoms with Crippen LogP contribution in [0.25, 0.3) is 0 Å². The standard InChI is InChI=1S/C20H27N5O3S/c1-15(29-20-22-21-19(27)25(20)14-17-8-5-13-28-17)18(26)24-11-9-23(10-12-24)16-6-3-2-4-7-16/h2-4,6-7,15,17H,5,8-14H2,1H3,(H,21,27)/t15-,17+/m0/s1. The molecule has 2 aromatic rings. The van der Waals surface area contributed by atoms with Gasteiger partial charge in [-0.25, -0.2) is 9.89 Å². The second kappa shape index (κ2) is 9.04. The van der Waals surface area contributed by atoms with Crippen molar-refractivity contribution < 1.29 is 9.53 Å². The lowest BCUT2D eigenvalue weighted by Gasteiger charge is -2.37. The molecule has 2 aliphatic rings. The van der Waals surface area contributed by atoms with E-state index < -0.39 is 0 Å². The summed E-state index contributed by atoms with van der Waals surface area (Å²) in [6.07, 6.45) is 2.01. The van der Waals surface area contributed by atoms with E-state index in [0.717, 1.165) is 32.5 Å². The number of aromatic amines is 1. The number of thioether (sulfide) groups is 1. The maximum Gasteiger partial charge on any atom is 0.344 e. The normalized spacial score (nSPS) is 20.8. The average Bonchev–Trinajstić information content (AvgIpc) is 3.39. The van der Waals surface area contributed by atoms with Crippen molar-refractivity contribution in [2.24, 2.45) is 0 Å².